The van der Waals surface area contributed by atoms with Crippen LogP contribution < -0.4 is 5.73 Å². The van der Waals surface area contributed by atoms with Crippen LogP contribution in [0.2, 0.25) is 0 Å². The summed E-state index contributed by atoms with van der Waals surface area (Å²) < 4.78 is 6.03. The summed E-state index contributed by atoms with van der Waals surface area (Å²) in [6.45, 7) is 8.81. The van der Waals surface area contributed by atoms with E-state index in [0.29, 0.717) is 12.5 Å². The Morgan fingerprint density at radius 2 is 2.00 bits per heavy atom. The molecule has 3 nitrogen and oxygen atoms in total. The van der Waals surface area contributed by atoms with Crippen molar-refractivity contribution in [3.8, 4) is 0 Å². The van der Waals surface area contributed by atoms with Crippen molar-refractivity contribution < 1.29 is 9.84 Å². The molecule has 0 bridgehead atoms. The molecule has 0 aromatic heterocycles. The molecule has 0 aromatic rings. The normalized spacial score (nSPS) is 39.4. The SMILES string of the molecule is CC(O)C(C)OC1(CN)CCC(C)C(C)C1. The lowest BCUT2D eigenvalue weighted by Gasteiger charge is -2.44. The van der Waals surface area contributed by atoms with Crippen LogP contribution in [0.5, 0.6) is 0 Å². The Balaban J connectivity index is 2.64. The highest BCUT2D eigenvalue weighted by molar-refractivity contribution is 4.91. The summed E-state index contributed by atoms with van der Waals surface area (Å²) >= 11 is 0. The molecular formula is C13H27NO2. The fraction of sp³-hybridized carbons (Fsp3) is 1.00. The van der Waals surface area contributed by atoms with Gasteiger partial charge in [-0.25, -0.2) is 0 Å². The molecule has 0 saturated heterocycles. The highest BCUT2D eigenvalue weighted by atomic mass is 16.5. The molecule has 1 aliphatic carbocycles. The summed E-state index contributed by atoms with van der Waals surface area (Å²) in [6.07, 6.45) is 2.64. The molecule has 1 fully saturated rings. The van der Waals surface area contributed by atoms with Crippen LogP contribution in [0.3, 0.4) is 0 Å². The van der Waals surface area contributed by atoms with Crippen molar-refractivity contribution in [2.45, 2.75) is 64.8 Å². The van der Waals surface area contributed by atoms with E-state index in [1.165, 1.54) is 6.42 Å². The van der Waals surface area contributed by atoms with Crippen LogP contribution in [0.1, 0.15) is 47.0 Å². The third-order valence-corrected chi connectivity index (χ3v) is 4.21. The van der Waals surface area contributed by atoms with E-state index in [2.05, 4.69) is 13.8 Å². The van der Waals surface area contributed by atoms with Crippen molar-refractivity contribution in [3.63, 3.8) is 0 Å². The first-order valence-corrected chi connectivity index (χ1v) is 6.46. The standard InChI is InChI=1S/C13H27NO2/c1-9-5-6-13(8-14,7-10(9)2)16-12(4)11(3)15/h9-12,15H,5-8,14H2,1-4H3. The Morgan fingerprint density at radius 3 is 2.44 bits per heavy atom. The largest absolute Gasteiger partial charge is 0.391 e. The lowest BCUT2D eigenvalue weighted by Crippen LogP contribution is -2.49. The smallest absolute Gasteiger partial charge is 0.0811 e. The van der Waals surface area contributed by atoms with Gasteiger partial charge in [-0.05, 0) is 44.9 Å². The number of ether oxygens (including phenoxy) is 1. The summed E-state index contributed by atoms with van der Waals surface area (Å²) in [7, 11) is 0. The average Bonchev–Trinajstić information content (AvgIpc) is 2.23. The molecule has 0 heterocycles. The molecule has 16 heavy (non-hydrogen) atoms. The van der Waals surface area contributed by atoms with Gasteiger partial charge < -0.3 is 15.6 Å². The minimum absolute atomic E-state index is 0.135. The van der Waals surface area contributed by atoms with E-state index in [0.717, 1.165) is 18.8 Å². The van der Waals surface area contributed by atoms with Crippen molar-refractivity contribution in [2.75, 3.05) is 6.54 Å². The average molecular weight is 229 g/mol. The van der Waals surface area contributed by atoms with Gasteiger partial charge >= 0.3 is 0 Å². The molecule has 0 aromatic carbocycles. The van der Waals surface area contributed by atoms with E-state index in [4.69, 9.17) is 10.5 Å². The molecule has 5 unspecified atom stereocenters. The van der Waals surface area contributed by atoms with Crippen LogP contribution in [-0.2, 0) is 4.74 Å². The van der Waals surface area contributed by atoms with Crippen LogP contribution >= 0.6 is 0 Å². The first-order chi connectivity index (χ1) is 7.40. The van der Waals surface area contributed by atoms with Crippen LogP contribution in [-0.4, -0.2) is 29.5 Å². The number of aliphatic hydroxyl groups excluding tert-OH is 1. The van der Waals surface area contributed by atoms with Crippen LogP contribution in [0.25, 0.3) is 0 Å². The molecule has 0 aliphatic heterocycles. The molecule has 5 atom stereocenters. The van der Waals surface area contributed by atoms with E-state index >= 15 is 0 Å². The zero-order valence-corrected chi connectivity index (χ0v) is 11.1. The second-order valence-electron chi connectivity index (χ2n) is 5.65. The van der Waals surface area contributed by atoms with Crippen molar-refractivity contribution in [2.24, 2.45) is 17.6 Å². The molecule has 1 rings (SSSR count). The van der Waals surface area contributed by atoms with E-state index in [-0.39, 0.29) is 11.7 Å². The Hall–Kier alpha value is -0.120. The lowest BCUT2D eigenvalue weighted by molar-refractivity contribution is -0.146. The van der Waals surface area contributed by atoms with Gasteiger partial charge in [0, 0.05) is 6.54 Å². The quantitative estimate of drug-likeness (QED) is 0.774. The first-order valence-electron chi connectivity index (χ1n) is 6.46. The lowest BCUT2D eigenvalue weighted by atomic mass is 9.73. The second-order valence-corrected chi connectivity index (χ2v) is 5.65. The maximum absolute atomic E-state index is 9.51. The van der Waals surface area contributed by atoms with Gasteiger partial charge in [0.05, 0.1) is 17.8 Å². The molecule has 0 radical (unpaired) electrons. The van der Waals surface area contributed by atoms with Gasteiger partial charge in [0.1, 0.15) is 0 Å². The van der Waals surface area contributed by atoms with Gasteiger partial charge in [0.2, 0.25) is 0 Å². The number of hydrogen-bond donors (Lipinski definition) is 2. The number of nitrogens with two attached hydrogens (primary N) is 1. The summed E-state index contributed by atoms with van der Waals surface area (Å²) in [4.78, 5) is 0. The predicted octanol–water partition coefficient (Wildman–Crippen LogP) is 1.93. The number of aliphatic hydroxyl groups is 1. The van der Waals surface area contributed by atoms with E-state index in [9.17, 15) is 5.11 Å². The Bertz CT molecular complexity index is 220. The summed E-state index contributed by atoms with van der Waals surface area (Å²) in [6, 6.07) is 0. The summed E-state index contributed by atoms with van der Waals surface area (Å²) in [5, 5.41) is 9.51. The van der Waals surface area contributed by atoms with Crippen molar-refractivity contribution >= 4 is 0 Å². The fourth-order valence-corrected chi connectivity index (χ4v) is 2.50. The molecule has 0 amide bonds. The van der Waals surface area contributed by atoms with Gasteiger partial charge in [-0.1, -0.05) is 13.8 Å². The van der Waals surface area contributed by atoms with Gasteiger partial charge in [-0.15, -0.1) is 0 Å². The van der Waals surface area contributed by atoms with Crippen LogP contribution in [0.4, 0.5) is 0 Å². The molecule has 1 aliphatic rings. The Morgan fingerprint density at radius 1 is 1.38 bits per heavy atom. The van der Waals surface area contributed by atoms with Crippen molar-refractivity contribution in [3.05, 3.63) is 0 Å². The zero-order valence-electron chi connectivity index (χ0n) is 11.1. The predicted molar refractivity (Wildman–Crippen MR) is 66.2 cm³/mol. The molecule has 0 spiro atoms. The third-order valence-electron chi connectivity index (χ3n) is 4.21. The molecule has 3 N–H and O–H groups in total. The van der Waals surface area contributed by atoms with Crippen molar-refractivity contribution in [1.29, 1.82) is 0 Å². The highest BCUT2D eigenvalue weighted by Gasteiger charge is 2.39. The maximum Gasteiger partial charge on any atom is 0.0811 e. The Kier molecular flexibility index (Phi) is 4.77. The molecule has 3 heteroatoms. The van der Waals surface area contributed by atoms with E-state index in [1.54, 1.807) is 6.92 Å². The number of rotatable bonds is 4. The van der Waals surface area contributed by atoms with Gasteiger partial charge in [0.15, 0.2) is 0 Å². The molecule has 1 saturated carbocycles. The molecule has 96 valence electrons. The van der Waals surface area contributed by atoms with Gasteiger partial charge in [-0.2, -0.15) is 0 Å². The van der Waals surface area contributed by atoms with Crippen molar-refractivity contribution in [1.82, 2.24) is 0 Å². The minimum Gasteiger partial charge on any atom is -0.391 e. The zero-order chi connectivity index (χ0) is 12.3. The maximum atomic E-state index is 9.51. The highest BCUT2D eigenvalue weighted by Crippen LogP contribution is 2.38. The summed E-state index contributed by atoms with van der Waals surface area (Å²) in [5.41, 5.74) is 5.68. The fourth-order valence-electron chi connectivity index (χ4n) is 2.50. The van der Waals surface area contributed by atoms with E-state index < -0.39 is 6.10 Å². The van der Waals surface area contributed by atoms with Crippen LogP contribution in [0, 0.1) is 11.8 Å². The minimum atomic E-state index is -0.432. The third kappa shape index (κ3) is 3.19. The Labute approximate surface area is 99.4 Å². The monoisotopic (exact) mass is 229 g/mol. The van der Waals surface area contributed by atoms with E-state index in [1.807, 2.05) is 6.92 Å². The molecular weight excluding hydrogens is 202 g/mol. The van der Waals surface area contributed by atoms with Crippen LogP contribution in [0.15, 0.2) is 0 Å². The second kappa shape index (κ2) is 5.48. The topological polar surface area (TPSA) is 55.5 Å². The van der Waals surface area contributed by atoms with Gasteiger partial charge in [-0.3, -0.25) is 0 Å². The first kappa shape index (κ1) is 13.9. The number of hydrogen-bond acceptors (Lipinski definition) is 3. The van der Waals surface area contributed by atoms with Gasteiger partial charge in [0.25, 0.3) is 0 Å². The summed E-state index contributed by atoms with van der Waals surface area (Å²) in [5.74, 6) is 1.41.